The number of sulfonamides is 1. The highest BCUT2D eigenvalue weighted by molar-refractivity contribution is 9.10. The van der Waals surface area contributed by atoms with E-state index in [-0.39, 0.29) is 16.9 Å². The van der Waals surface area contributed by atoms with Gasteiger partial charge in [-0.25, -0.2) is 18.2 Å². The number of carboxylic acid groups (broad SMARTS) is 1. The van der Waals surface area contributed by atoms with Crippen LogP contribution in [0.25, 0.3) is 0 Å². The average molecular weight is 521 g/mol. The molecule has 1 aromatic carbocycles. The quantitative estimate of drug-likeness (QED) is 0.591. The molecule has 1 saturated heterocycles. The van der Waals surface area contributed by atoms with E-state index < -0.39 is 27.8 Å². The molecule has 1 aliphatic rings. The molecule has 0 saturated carbocycles. The number of rotatable bonds is 6. The molecule has 0 aliphatic carbocycles. The second-order valence-electron chi connectivity index (χ2n) is 7.53. The summed E-state index contributed by atoms with van der Waals surface area (Å²) in [6.45, 7) is 2.33. The summed E-state index contributed by atoms with van der Waals surface area (Å²) in [4.78, 5) is 30.0. The molecule has 0 atom stereocenters. The molecule has 168 valence electrons. The molecule has 1 aromatic heterocycles. The van der Waals surface area contributed by atoms with Gasteiger partial charge in [0.15, 0.2) is 0 Å². The maximum Gasteiger partial charge on any atom is 0.337 e. The van der Waals surface area contributed by atoms with Crippen molar-refractivity contribution in [2.45, 2.75) is 25.5 Å². The Morgan fingerprint density at radius 3 is 2.59 bits per heavy atom. The average Bonchev–Trinajstić information content (AvgIpc) is 2.72. The number of nitrogens with one attached hydrogen (secondary N) is 1. The molecule has 32 heavy (non-hydrogen) atoms. The van der Waals surface area contributed by atoms with Crippen LogP contribution in [-0.4, -0.2) is 43.5 Å². The number of halogens is 1. The van der Waals surface area contributed by atoms with Crippen LogP contribution >= 0.6 is 15.9 Å². The van der Waals surface area contributed by atoms with Gasteiger partial charge in [-0.1, -0.05) is 28.1 Å². The fourth-order valence-corrected chi connectivity index (χ4v) is 5.22. The molecule has 2 heterocycles. The Morgan fingerprint density at radius 1 is 1.31 bits per heavy atom. The topological polar surface area (TPSA) is 140 Å². The van der Waals surface area contributed by atoms with Gasteiger partial charge in [0.2, 0.25) is 15.9 Å². The van der Waals surface area contributed by atoms with Crippen LogP contribution in [0.15, 0.2) is 34.8 Å². The minimum atomic E-state index is -3.84. The van der Waals surface area contributed by atoms with E-state index in [4.69, 9.17) is 0 Å². The molecule has 9 nitrogen and oxygen atoms in total. The van der Waals surface area contributed by atoms with Crippen molar-refractivity contribution in [3.63, 3.8) is 0 Å². The lowest BCUT2D eigenvalue weighted by atomic mass is 9.96. The van der Waals surface area contributed by atoms with Gasteiger partial charge in [0.25, 0.3) is 0 Å². The molecule has 0 bridgehead atoms. The number of carboxylic acids is 1. The summed E-state index contributed by atoms with van der Waals surface area (Å²) in [6.07, 6.45) is 0.759. The third-order valence-corrected chi connectivity index (χ3v) is 6.93. The number of anilines is 1. The number of aromatic carboxylic acids is 1. The predicted molar refractivity (Wildman–Crippen MR) is 120 cm³/mol. The number of aryl methyl sites for hydroxylation is 1. The van der Waals surface area contributed by atoms with E-state index in [0.29, 0.717) is 43.0 Å². The van der Waals surface area contributed by atoms with Crippen LogP contribution in [-0.2, 0) is 20.6 Å². The lowest BCUT2D eigenvalue weighted by molar-refractivity contribution is -0.123. The molecule has 0 unspecified atom stereocenters. The summed E-state index contributed by atoms with van der Waals surface area (Å²) in [5.41, 5.74) is 0.970. The summed E-state index contributed by atoms with van der Waals surface area (Å²) in [6, 6.07) is 10.1. The van der Waals surface area contributed by atoms with Crippen LogP contribution in [0.2, 0.25) is 0 Å². The SMILES string of the molecule is Cc1nc(N2CCC(C(=O)NS(=O)(=O)Cc3cccc(Br)c3)CC2)c(C#N)cc1C(=O)O. The molecular formula is C21H21BrN4O5S. The van der Waals surface area contributed by atoms with E-state index in [1.54, 1.807) is 31.2 Å². The van der Waals surface area contributed by atoms with E-state index in [2.05, 4.69) is 25.6 Å². The van der Waals surface area contributed by atoms with Crippen molar-refractivity contribution in [1.29, 1.82) is 5.26 Å². The fourth-order valence-electron chi connectivity index (χ4n) is 3.60. The summed E-state index contributed by atoms with van der Waals surface area (Å²) < 4.78 is 27.7. The van der Waals surface area contributed by atoms with Gasteiger partial charge in [0.05, 0.1) is 22.6 Å². The highest BCUT2D eigenvalue weighted by Crippen LogP contribution is 2.27. The summed E-state index contributed by atoms with van der Waals surface area (Å²) in [7, 11) is -3.84. The second-order valence-corrected chi connectivity index (χ2v) is 10.2. The van der Waals surface area contributed by atoms with Crippen LogP contribution in [0.5, 0.6) is 0 Å². The molecule has 2 aromatic rings. The van der Waals surface area contributed by atoms with Crippen molar-refractivity contribution in [1.82, 2.24) is 9.71 Å². The first-order chi connectivity index (χ1) is 15.1. The molecule has 1 aliphatic heterocycles. The van der Waals surface area contributed by atoms with Crippen LogP contribution in [0, 0.1) is 24.2 Å². The number of nitrogens with zero attached hydrogens (tertiary/aromatic N) is 3. The number of hydrogen-bond donors (Lipinski definition) is 2. The molecular weight excluding hydrogens is 500 g/mol. The van der Waals surface area contributed by atoms with Crippen molar-refractivity contribution < 1.29 is 23.1 Å². The van der Waals surface area contributed by atoms with Crippen molar-refractivity contribution in [2.24, 2.45) is 5.92 Å². The first-order valence-corrected chi connectivity index (χ1v) is 12.2. The van der Waals surface area contributed by atoms with Crippen molar-refractivity contribution in [2.75, 3.05) is 18.0 Å². The number of amides is 1. The van der Waals surface area contributed by atoms with E-state index in [1.807, 2.05) is 11.0 Å². The Balaban J connectivity index is 1.64. The minimum Gasteiger partial charge on any atom is -0.478 e. The van der Waals surface area contributed by atoms with Crippen LogP contribution in [0.4, 0.5) is 5.82 Å². The summed E-state index contributed by atoms with van der Waals surface area (Å²) in [5.74, 6) is -2.13. The third kappa shape index (κ3) is 5.63. The predicted octanol–water partition coefficient (Wildman–Crippen LogP) is 2.58. The molecule has 1 amide bonds. The number of hydrogen-bond acceptors (Lipinski definition) is 7. The van der Waals surface area contributed by atoms with Gasteiger partial charge in [-0.3, -0.25) is 9.52 Å². The molecule has 0 spiro atoms. The number of aromatic nitrogens is 1. The van der Waals surface area contributed by atoms with Crippen LogP contribution in [0.3, 0.4) is 0 Å². The number of piperidine rings is 1. The third-order valence-electron chi connectivity index (χ3n) is 5.21. The standard InChI is InChI=1S/C21H21BrN4O5S/c1-13-18(21(28)29)10-16(11-23)19(24-13)26-7-5-15(6-8-26)20(27)25-32(30,31)12-14-3-2-4-17(22)9-14/h2-4,9-10,15H,5-8,12H2,1H3,(H,25,27)(H,28,29). The van der Waals surface area contributed by atoms with Gasteiger partial charge in [0.1, 0.15) is 11.9 Å². The zero-order valence-electron chi connectivity index (χ0n) is 17.2. The Kier molecular flexibility index (Phi) is 7.16. The van der Waals surface area contributed by atoms with E-state index in [9.17, 15) is 28.4 Å². The number of carbonyl (C=O) groups excluding carboxylic acids is 1. The van der Waals surface area contributed by atoms with Gasteiger partial charge < -0.3 is 10.0 Å². The maximum atomic E-state index is 12.6. The number of nitriles is 1. The summed E-state index contributed by atoms with van der Waals surface area (Å²) in [5, 5.41) is 18.6. The Morgan fingerprint density at radius 2 is 2.00 bits per heavy atom. The normalized spacial score (nSPS) is 14.6. The van der Waals surface area contributed by atoms with Crippen molar-refractivity contribution >= 4 is 43.6 Å². The Bertz CT molecular complexity index is 1200. The first kappa shape index (κ1) is 23.7. The first-order valence-electron chi connectivity index (χ1n) is 9.78. The Hall–Kier alpha value is -2.97. The number of benzene rings is 1. The fraction of sp³-hybridized carbons (Fsp3) is 0.333. The van der Waals surface area contributed by atoms with Gasteiger partial charge in [0, 0.05) is 23.5 Å². The number of carbonyl (C=O) groups is 2. The van der Waals surface area contributed by atoms with Gasteiger partial charge in [-0.15, -0.1) is 0 Å². The van der Waals surface area contributed by atoms with Gasteiger partial charge >= 0.3 is 5.97 Å². The van der Waals surface area contributed by atoms with Gasteiger partial charge in [-0.05, 0) is 43.5 Å². The lowest BCUT2D eigenvalue weighted by Gasteiger charge is -2.32. The molecule has 0 radical (unpaired) electrons. The highest BCUT2D eigenvalue weighted by Gasteiger charge is 2.29. The molecule has 1 fully saturated rings. The van der Waals surface area contributed by atoms with Crippen molar-refractivity contribution in [3.8, 4) is 6.07 Å². The minimum absolute atomic E-state index is 0.0322. The zero-order chi connectivity index (χ0) is 23.5. The van der Waals surface area contributed by atoms with Crippen LogP contribution < -0.4 is 9.62 Å². The lowest BCUT2D eigenvalue weighted by Crippen LogP contribution is -2.43. The highest BCUT2D eigenvalue weighted by atomic mass is 79.9. The summed E-state index contributed by atoms with van der Waals surface area (Å²) >= 11 is 3.29. The smallest absolute Gasteiger partial charge is 0.337 e. The molecule has 2 N–H and O–H groups in total. The van der Waals surface area contributed by atoms with E-state index >= 15 is 0 Å². The number of pyridine rings is 1. The maximum absolute atomic E-state index is 12.6. The van der Waals surface area contributed by atoms with Gasteiger partial charge in [-0.2, -0.15) is 5.26 Å². The van der Waals surface area contributed by atoms with E-state index in [0.717, 1.165) is 4.47 Å². The van der Waals surface area contributed by atoms with Crippen LogP contribution in [0.1, 0.15) is 40.0 Å². The van der Waals surface area contributed by atoms with Crippen molar-refractivity contribution in [3.05, 3.63) is 57.2 Å². The molecule has 3 rings (SSSR count). The Labute approximate surface area is 194 Å². The zero-order valence-corrected chi connectivity index (χ0v) is 19.6. The second kappa shape index (κ2) is 9.67. The van der Waals surface area contributed by atoms with E-state index in [1.165, 1.54) is 6.07 Å². The molecule has 11 heteroatoms. The monoisotopic (exact) mass is 520 g/mol. The largest absolute Gasteiger partial charge is 0.478 e.